The van der Waals surface area contributed by atoms with Gasteiger partial charge in [-0.15, -0.1) is 5.10 Å². The number of hydrogen-bond acceptors (Lipinski definition) is 3. The van der Waals surface area contributed by atoms with Crippen LogP contribution in [0.4, 0.5) is 4.39 Å². The van der Waals surface area contributed by atoms with Gasteiger partial charge in [0.1, 0.15) is 5.82 Å². The predicted molar refractivity (Wildman–Crippen MR) is 77.2 cm³/mol. The molecule has 2 rings (SSSR count). The molecule has 0 amide bonds. The lowest BCUT2D eigenvalue weighted by molar-refractivity contribution is 0.482. The largest absolute Gasteiger partial charge is 0.308 e. The molecule has 1 heterocycles. The number of aryl methyl sites for hydroxylation is 1. The fourth-order valence-corrected chi connectivity index (χ4v) is 2.33. The van der Waals surface area contributed by atoms with Gasteiger partial charge in [-0.05, 0) is 31.0 Å². The molecule has 6 heteroatoms. The first-order valence-corrected chi connectivity index (χ1v) is 7.02. The Morgan fingerprint density at radius 3 is 2.90 bits per heavy atom. The van der Waals surface area contributed by atoms with Crippen molar-refractivity contribution in [2.45, 2.75) is 25.8 Å². The third-order valence-corrected chi connectivity index (χ3v) is 3.49. The van der Waals surface area contributed by atoms with Crippen LogP contribution < -0.4 is 5.32 Å². The van der Waals surface area contributed by atoms with Gasteiger partial charge in [0.05, 0.1) is 23.0 Å². The second-order valence-corrected chi connectivity index (χ2v) is 5.11. The summed E-state index contributed by atoms with van der Waals surface area (Å²) in [7, 11) is 1.83. The Bertz CT molecular complexity index is 570. The molecule has 2 aromatic rings. The van der Waals surface area contributed by atoms with Gasteiger partial charge in [-0.25, -0.2) is 4.39 Å². The molecule has 20 heavy (non-hydrogen) atoms. The second-order valence-electron chi connectivity index (χ2n) is 4.71. The van der Waals surface area contributed by atoms with E-state index in [1.165, 1.54) is 0 Å². The van der Waals surface area contributed by atoms with E-state index in [1.54, 1.807) is 29.1 Å². The summed E-state index contributed by atoms with van der Waals surface area (Å²) in [6, 6.07) is 5.04. The first-order valence-electron chi connectivity index (χ1n) is 6.64. The molecule has 0 aliphatic carbocycles. The van der Waals surface area contributed by atoms with Crippen molar-refractivity contribution in [1.82, 2.24) is 20.3 Å². The van der Waals surface area contributed by atoms with Gasteiger partial charge in [0.15, 0.2) is 0 Å². The number of rotatable bonds is 6. The van der Waals surface area contributed by atoms with Gasteiger partial charge in [-0.3, -0.25) is 4.68 Å². The van der Waals surface area contributed by atoms with E-state index >= 15 is 0 Å². The van der Waals surface area contributed by atoms with Crippen LogP contribution in [0.5, 0.6) is 0 Å². The zero-order valence-corrected chi connectivity index (χ0v) is 12.4. The molecule has 4 nitrogen and oxygen atoms in total. The maximum Gasteiger partial charge on any atom is 0.145 e. The summed E-state index contributed by atoms with van der Waals surface area (Å²) in [5.41, 5.74) is 1.52. The minimum atomic E-state index is -0.354. The lowest BCUT2D eigenvalue weighted by Gasteiger charge is -2.18. The van der Waals surface area contributed by atoms with Crippen molar-refractivity contribution in [3.63, 3.8) is 0 Å². The van der Waals surface area contributed by atoms with Crippen LogP contribution in [0.15, 0.2) is 24.4 Å². The molecule has 0 bridgehead atoms. The zero-order valence-electron chi connectivity index (χ0n) is 11.6. The van der Waals surface area contributed by atoms with Gasteiger partial charge in [0, 0.05) is 7.05 Å². The van der Waals surface area contributed by atoms with Crippen molar-refractivity contribution >= 4 is 11.6 Å². The Hall–Kier alpha value is -1.46. The molecule has 1 N–H and O–H groups in total. The van der Waals surface area contributed by atoms with Crippen LogP contribution in [0.2, 0.25) is 5.02 Å². The van der Waals surface area contributed by atoms with Crippen LogP contribution >= 0.6 is 11.6 Å². The first-order chi connectivity index (χ1) is 9.63. The molecule has 108 valence electrons. The van der Waals surface area contributed by atoms with Crippen molar-refractivity contribution in [3.05, 3.63) is 46.5 Å². The van der Waals surface area contributed by atoms with Gasteiger partial charge in [-0.2, -0.15) is 0 Å². The lowest BCUT2D eigenvalue weighted by atomic mass is 10.0. The molecule has 0 aliphatic heterocycles. The number of nitrogens with one attached hydrogen (secondary N) is 1. The number of hydrogen-bond donors (Lipinski definition) is 1. The van der Waals surface area contributed by atoms with Crippen molar-refractivity contribution in [3.8, 4) is 0 Å². The van der Waals surface area contributed by atoms with Crippen LogP contribution in [0.3, 0.4) is 0 Å². The Labute approximate surface area is 122 Å². The monoisotopic (exact) mass is 296 g/mol. The average molecular weight is 297 g/mol. The molecule has 0 saturated carbocycles. The van der Waals surface area contributed by atoms with Crippen LogP contribution in [-0.4, -0.2) is 21.5 Å². The topological polar surface area (TPSA) is 42.7 Å². The minimum absolute atomic E-state index is 0.0390. The van der Waals surface area contributed by atoms with E-state index < -0.39 is 0 Å². The maximum absolute atomic E-state index is 14.0. The molecule has 1 aromatic carbocycles. The number of aromatic nitrogens is 3. The highest BCUT2D eigenvalue weighted by atomic mass is 35.5. The van der Waals surface area contributed by atoms with E-state index in [2.05, 4.69) is 22.6 Å². The summed E-state index contributed by atoms with van der Waals surface area (Å²) in [6.07, 6.45) is 3.21. The van der Waals surface area contributed by atoms with E-state index in [1.807, 2.05) is 7.05 Å². The third-order valence-electron chi connectivity index (χ3n) is 3.20. The summed E-state index contributed by atoms with van der Waals surface area (Å²) in [4.78, 5) is 0. The van der Waals surface area contributed by atoms with Crippen LogP contribution in [0.25, 0.3) is 0 Å². The minimum Gasteiger partial charge on any atom is -0.308 e. The van der Waals surface area contributed by atoms with E-state index in [0.717, 1.165) is 18.7 Å². The molecule has 0 saturated heterocycles. The highest BCUT2D eigenvalue weighted by Gasteiger charge is 2.18. The standard InChI is InChI=1S/C14H18ClFN4/c1-3-7-17-12(13-9-18-19-20(13)2)8-10-5-4-6-11(15)14(10)16/h4-6,9,12,17H,3,7-8H2,1-2H3. The smallest absolute Gasteiger partial charge is 0.145 e. The zero-order chi connectivity index (χ0) is 14.5. The summed E-state index contributed by atoms with van der Waals surface area (Å²) < 4.78 is 15.7. The van der Waals surface area contributed by atoms with E-state index in [0.29, 0.717) is 12.0 Å². The fourth-order valence-electron chi connectivity index (χ4n) is 2.14. The Morgan fingerprint density at radius 1 is 1.45 bits per heavy atom. The molecular formula is C14H18ClFN4. The number of halogens is 2. The van der Waals surface area contributed by atoms with Crippen LogP contribution in [0.1, 0.15) is 30.6 Å². The quantitative estimate of drug-likeness (QED) is 0.891. The number of benzene rings is 1. The summed E-state index contributed by atoms with van der Waals surface area (Å²) in [5, 5.41) is 11.4. The second kappa shape index (κ2) is 6.81. The number of nitrogens with zero attached hydrogens (tertiary/aromatic N) is 3. The molecule has 0 spiro atoms. The summed E-state index contributed by atoms with van der Waals surface area (Å²) in [5.74, 6) is -0.354. The van der Waals surface area contributed by atoms with Gasteiger partial charge < -0.3 is 5.32 Å². The Morgan fingerprint density at radius 2 is 2.25 bits per heavy atom. The summed E-state index contributed by atoms with van der Waals surface area (Å²) >= 11 is 5.83. The van der Waals surface area contributed by atoms with Crippen molar-refractivity contribution < 1.29 is 4.39 Å². The third kappa shape index (κ3) is 3.35. The summed E-state index contributed by atoms with van der Waals surface area (Å²) in [6.45, 7) is 2.93. The van der Waals surface area contributed by atoms with Crippen molar-refractivity contribution in [1.29, 1.82) is 0 Å². The molecule has 1 atom stereocenters. The molecule has 0 fully saturated rings. The fraction of sp³-hybridized carbons (Fsp3) is 0.429. The van der Waals surface area contributed by atoms with E-state index in [4.69, 9.17) is 11.6 Å². The first kappa shape index (κ1) is 14.9. The molecular weight excluding hydrogens is 279 g/mol. The molecule has 0 radical (unpaired) electrons. The van der Waals surface area contributed by atoms with Crippen LogP contribution in [-0.2, 0) is 13.5 Å². The average Bonchev–Trinajstić information content (AvgIpc) is 2.85. The van der Waals surface area contributed by atoms with Gasteiger partial charge in [-0.1, -0.05) is 35.9 Å². The van der Waals surface area contributed by atoms with Crippen molar-refractivity contribution in [2.24, 2.45) is 7.05 Å². The molecule has 1 unspecified atom stereocenters. The Kier molecular flexibility index (Phi) is 5.09. The predicted octanol–water partition coefficient (Wildman–Crippen LogP) is 2.89. The van der Waals surface area contributed by atoms with Gasteiger partial charge in [0.25, 0.3) is 0 Å². The Balaban J connectivity index is 2.24. The highest BCUT2D eigenvalue weighted by molar-refractivity contribution is 6.30. The SMILES string of the molecule is CCCNC(Cc1cccc(Cl)c1F)c1cnnn1C. The van der Waals surface area contributed by atoms with E-state index in [-0.39, 0.29) is 16.9 Å². The maximum atomic E-state index is 14.0. The lowest BCUT2D eigenvalue weighted by Crippen LogP contribution is -2.26. The van der Waals surface area contributed by atoms with Crippen LogP contribution in [0, 0.1) is 5.82 Å². The van der Waals surface area contributed by atoms with E-state index in [9.17, 15) is 4.39 Å². The highest BCUT2D eigenvalue weighted by Crippen LogP contribution is 2.23. The molecule has 1 aromatic heterocycles. The molecule has 0 aliphatic rings. The normalized spacial score (nSPS) is 12.6. The van der Waals surface area contributed by atoms with Gasteiger partial charge >= 0.3 is 0 Å². The van der Waals surface area contributed by atoms with Crippen molar-refractivity contribution in [2.75, 3.05) is 6.54 Å². The van der Waals surface area contributed by atoms with Gasteiger partial charge in [0.2, 0.25) is 0 Å².